The van der Waals surface area contributed by atoms with Crippen LogP contribution in [0.3, 0.4) is 0 Å². The second kappa shape index (κ2) is 7.12. The Morgan fingerprint density at radius 1 is 1.25 bits per heavy atom. The molecule has 0 aliphatic carbocycles. The standard InChI is InChI=1S/C18H30N2/c1-5-16-8-10-20(11-9-16)18-7-6-17(15(4)12-18)13-19-14(2)3/h6-7,12,14,16,19H,5,8-11,13H2,1-4H3. The number of hydrogen-bond donors (Lipinski definition) is 1. The molecule has 1 aromatic carbocycles. The summed E-state index contributed by atoms with van der Waals surface area (Å²) in [6.45, 7) is 12.4. The molecule has 0 amide bonds. The highest BCUT2D eigenvalue weighted by atomic mass is 15.1. The van der Waals surface area contributed by atoms with Gasteiger partial charge in [-0.2, -0.15) is 0 Å². The Balaban J connectivity index is 1.98. The van der Waals surface area contributed by atoms with E-state index in [0.717, 1.165) is 12.5 Å². The average Bonchev–Trinajstić information content (AvgIpc) is 2.46. The Morgan fingerprint density at radius 2 is 1.95 bits per heavy atom. The molecule has 1 saturated heterocycles. The van der Waals surface area contributed by atoms with Gasteiger partial charge in [-0.15, -0.1) is 0 Å². The molecule has 1 aliphatic rings. The number of anilines is 1. The SMILES string of the molecule is CCC1CCN(c2ccc(CNC(C)C)c(C)c2)CC1. The van der Waals surface area contributed by atoms with E-state index >= 15 is 0 Å². The monoisotopic (exact) mass is 274 g/mol. The quantitative estimate of drug-likeness (QED) is 0.869. The number of nitrogens with zero attached hydrogens (tertiary/aromatic N) is 1. The zero-order valence-corrected chi connectivity index (χ0v) is 13.6. The third kappa shape index (κ3) is 3.99. The molecular formula is C18H30N2. The van der Waals surface area contributed by atoms with Gasteiger partial charge in [0.2, 0.25) is 0 Å². The molecule has 0 saturated carbocycles. The van der Waals surface area contributed by atoms with Crippen molar-refractivity contribution in [3.63, 3.8) is 0 Å². The molecule has 1 heterocycles. The molecule has 2 rings (SSSR count). The molecule has 1 aliphatic heterocycles. The van der Waals surface area contributed by atoms with Crippen molar-refractivity contribution in [1.29, 1.82) is 0 Å². The van der Waals surface area contributed by atoms with Crippen LogP contribution < -0.4 is 10.2 Å². The first-order valence-electron chi connectivity index (χ1n) is 8.18. The van der Waals surface area contributed by atoms with Crippen LogP contribution in [0.1, 0.15) is 51.2 Å². The van der Waals surface area contributed by atoms with E-state index in [-0.39, 0.29) is 0 Å². The first kappa shape index (κ1) is 15.4. The van der Waals surface area contributed by atoms with Gasteiger partial charge in [0.25, 0.3) is 0 Å². The first-order valence-corrected chi connectivity index (χ1v) is 8.18. The van der Waals surface area contributed by atoms with E-state index in [4.69, 9.17) is 0 Å². The normalized spacial score (nSPS) is 16.9. The number of rotatable bonds is 5. The highest BCUT2D eigenvalue weighted by Crippen LogP contribution is 2.26. The van der Waals surface area contributed by atoms with E-state index < -0.39 is 0 Å². The molecule has 112 valence electrons. The van der Waals surface area contributed by atoms with Crippen LogP contribution in [0.4, 0.5) is 5.69 Å². The van der Waals surface area contributed by atoms with Gasteiger partial charge in [0.15, 0.2) is 0 Å². The minimum Gasteiger partial charge on any atom is -0.372 e. The van der Waals surface area contributed by atoms with Crippen molar-refractivity contribution in [2.75, 3.05) is 18.0 Å². The molecule has 0 bridgehead atoms. The largest absolute Gasteiger partial charge is 0.372 e. The van der Waals surface area contributed by atoms with Crippen molar-refractivity contribution in [3.8, 4) is 0 Å². The smallest absolute Gasteiger partial charge is 0.0369 e. The van der Waals surface area contributed by atoms with E-state index in [1.54, 1.807) is 0 Å². The Hall–Kier alpha value is -1.02. The van der Waals surface area contributed by atoms with Crippen LogP contribution in [0.25, 0.3) is 0 Å². The number of hydrogen-bond acceptors (Lipinski definition) is 2. The van der Waals surface area contributed by atoms with Crippen LogP contribution in [0.15, 0.2) is 18.2 Å². The summed E-state index contributed by atoms with van der Waals surface area (Å²) in [6.07, 6.45) is 4.05. The third-order valence-electron chi connectivity index (χ3n) is 4.58. The fourth-order valence-electron chi connectivity index (χ4n) is 2.99. The molecule has 0 spiro atoms. The fraction of sp³-hybridized carbons (Fsp3) is 0.667. The molecule has 1 N–H and O–H groups in total. The lowest BCUT2D eigenvalue weighted by Gasteiger charge is -2.33. The molecule has 1 fully saturated rings. The van der Waals surface area contributed by atoms with Crippen LogP contribution in [0.5, 0.6) is 0 Å². The van der Waals surface area contributed by atoms with E-state index in [9.17, 15) is 0 Å². The molecule has 0 aromatic heterocycles. The zero-order valence-electron chi connectivity index (χ0n) is 13.6. The van der Waals surface area contributed by atoms with Crippen molar-refractivity contribution in [3.05, 3.63) is 29.3 Å². The zero-order chi connectivity index (χ0) is 14.5. The molecular weight excluding hydrogens is 244 g/mol. The van der Waals surface area contributed by atoms with Gasteiger partial charge in [-0.25, -0.2) is 0 Å². The summed E-state index contributed by atoms with van der Waals surface area (Å²) in [5.41, 5.74) is 4.24. The lowest BCUT2D eigenvalue weighted by atomic mass is 9.94. The molecule has 20 heavy (non-hydrogen) atoms. The summed E-state index contributed by atoms with van der Waals surface area (Å²) in [5.74, 6) is 0.946. The molecule has 0 atom stereocenters. The highest BCUT2D eigenvalue weighted by Gasteiger charge is 2.18. The minimum absolute atomic E-state index is 0.544. The van der Waals surface area contributed by atoms with Crippen molar-refractivity contribution in [1.82, 2.24) is 5.32 Å². The van der Waals surface area contributed by atoms with Crippen LogP contribution in [-0.4, -0.2) is 19.1 Å². The summed E-state index contributed by atoms with van der Waals surface area (Å²) in [5, 5.41) is 3.50. The van der Waals surface area contributed by atoms with Gasteiger partial charge in [-0.05, 0) is 48.9 Å². The van der Waals surface area contributed by atoms with E-state index in [2.05, 4.69) is 56.1 Å². The second-order valence-corrected chi connectivity index (χ2v) is 6.49. The predicted molar refractivity (Wildman–Crippen MR) is 88.4 cm³/mol. The van der Waals surface area contributed by atoms with Gasteiger partial charge in [0, 0.05) is 31.4 Å². The van der Waals surface area contributed by atoms with Crippen molar-refractivity contribution >= 4 is 5.69 Å². The van der Waals surface area contributed by atoms with Gasteiger partial charge in [-0.3, -0.25) is 0 Å². The first-order chi connectivity index (χ1) is 9.60. The van der Waals surface area contributed by atoms with Gasteiger partial charge in [0.05, 0.1) is 0 Å². The summed E-state index contributed by atoms with van der Waals surface area (Å²) in [7, 11) is 0. The predicted octanol–water partition coefficient (Wildman–Crippen LogP) is 4.12. The lowest BCUT2D eigenvalue weighted by Crippen LogP contribution is -2.33. The van der Waals surface area contributed by atoms with Gasteiger partial charge < -0.3 is 10.2 Å². The summed E-state index contributed by atoms with van der Waals surface area (Å²) < 4.78 is 0. The molecule has 0 radical (unpaired) electrons. The number of piperidine rings is 1. The van der Waals surface area contributed by atoms with Crippen molar-refractivity contribution < 1.29 is 0 Å². The third-order valence-corrected chi connectivity index (χ3v) is 4.58. The Bertz CT molecular complexity index is 417. The molecule has 2 heteroatoms. The number of aryl methyl sites for hydroxylation is 1. The summed E-state index contributed by atoms with van der Waals surface area (Å²) in [4.78, 5) is 2.55. The van der Waals surface area contributed by atoms with Gasteiger partial charge in [0.1, 0.15) is 0 Å². The number of benzene rings is 1. The van der Waals surface area contributed by atoms with Gasteiger partial charge in [-0.1, -0.05) is 33.3 Å². The van der Waals surface area contributed by atoms with Crippen LogP contribution >= 0.6 is 0 Å². The maximum Gasteiger partial charge on any atom is 0.0369 e. The minimum atomic E-state index is 0.544. The Morgan fingerprint density at radius 3 is 2.50 bits per heavy atom. The summed E-state index contributed by atoms with van der Waals surface area (Å²) >= 11 is 0. The van der Waals surface area contributed by atoms with Crippen LogP contribution in [0, 0.1) is 12.8 Å². The Labute approximate surface area is 124 Å². The van der Waals surface area contributed by atoms with Crippen molar-refractivity contribution in [2.45, 2.75) is 59.5 Å². The van der Waals surface area contributed by atoms with Crippen LogP contribution in [0.2, 0.25) is 0 Å². The summed E-state index contributed by atoms with van der Waals surface area (Å²) in [6, 6.07) is 7.51. The maximum atomic E-state index is 3.50. The Kier molecular flexibility index (Phi) is 5.47. The molecule has 0 unspecified atom stereocenters. The maximum absolute atomic E-state index is 3.50. The van der Waals surface area contributed by atoms with Crippen LogP contribution in [-0.2, 0) is 6.54 Å². The second-order valence-electron chi connectivity index (χ2n) is 6.49. The van der Waals surface area contributed by atoms with E-state index in [1.165, 1.54) is 49.2 Å². The van der Waals surface area contributed by atoms with Gasteiger partial charge >= 0.3 is 0 Å². The molecule has 1 aromatic rings. The number of nitrogens with one attached hydrogen (secondary N) is 1. The van der Waals surface area contributed by atoms with E-state index in [1.807, 2.05) is 0 Å². The fourth-order valence-corrected chi connectivity index (χ4v) is 2.99. The van der Waals surface area contributed by atoms with Crippen molar-refractivity contribution in [2.24, 2.45) is 5.92 Å². The average molecular weight is 274 g/mol. The molecule has 2 nitrogen and oxygen atoms in total. The highest BCUT2D eigenvalue weighted by molar-refractivity contribution is 5.51. The lowest BCUT2D eigenvalue weighted by molar-refractivity contribution is 0.395. The topological polar surface area (TPSA) is 15.3 Å². The van der Waals surface area contributed by atoms with E-state index in [0.29, 0.717) is 6.04 Å².